The van der Waals surface area contributed by atoms with Crippen molar-refractivity contribution in [1.29, 1.82) is 0 Å². The molecule has 138 valence electrons. The van der Waals surface area contributed by atoms with Crippen LogP contribution in [0.15, 0.2) is 36.4 Å². The quantitative estimate of drug-likeness (QED) is 0.642. The minimum absolute atomic E-state index is 0.0232. The molecule has 0 radical (unpaired) electrons. The average Bonchev–Trinajstić information content (AvgIpc) is 3.05. The summed E-state index contributed by atoms with van der Waals surface area (Å²) in [6.45, 7) is 2.60. The molecule has 0 spiro atoms. The maximum Gasteiger partial charge on any atom is 0.244 e. The predicted octanol–water partition coefficient (Wildman–Crippen LogP) is 4.46. The zero-order valence-corrected chi connectivity index (χ0v) is 15.4. The van der Waals surface area contributed by atoms with E-state index < -0.39 is 0 Å². The van der Waals surface area contributed by atoms with E-state index in [0.717, 1.165) is 42.2 Å². The Bertz CT molecular complexity index is 735. The van der Waals surface area contributed by atoms with Crippen molar-refractivity contribution >= 4 is 12.0 Å². The molecule has 2 aliphatic carbocycles. The van der Waals surface area contributed by atoms with Crippen molar-refractivity contribution in [2.75, 3.05) is 6.79 Å². The largest absolute Gasteiger partial charge is 0.454 e. The number of amides is 1. The Morgan fingerprint density at radius 1 is 1.23 bits per heavy atom. The zero-order valence-electron chi connectivity index (χ0n) is 15.4. The standard InChI is InChI=1S/C22H27NO3/c1-16-11-18-6-4-10-22(13-16,14-18)23-21(24)7-3-2-5-17-8-9-19-20(12-17)26-15-25-19/h2-3,5,7-9,12,16,18H,4,6,10-11,13-15H2,1H3,(H,23,24)/b5-2+,7-3+/t16?,18-,22-/m1/s1. The third kappa shape index (κ3) is 3.79. The van der Waals surface area contributed by atoms with Crippen molar-refractivity contribution in [2.45, 2.75) is 51.0 Å². The summed E-state index contributed by atoms with van der Waals surface area (Å²) in [5.41, 5.74) is 1.05. The fourth-order valence-corrected chi connectivity index (χ4v) is 4.99. The second-order valence-corrected chi connectivity index (χ2v) is 8.11. The van der Waals surface area contributed by atoms with Crippen LogP contribution in [0.4, 0.5) is 0 Å². The fraction of sp³-hybridized carbons (Fsp3) is 0.500. The van der Waals surface area contributed by atoms with Gasteiger partial charge >= 0.3 is 0 Å². The molecule has 1 amide bonds. The second kappa shape index (κ2) is 7.18. The Hall–Kier alpha value is -2.23. The molecule has 2 bridgehead atoms. The predicted molar refractivity (Wildman–Crippen MR) is 102 cm³/mol. The van der Waals surface area contributed by atoms with Crippen molar-refractivity contribution < 1.29 is 14.3 Å². The van der Waals surface area contributed by atoms with Gasteiger partial charge in [0.25, 0.3) is 0 Å². The number of carbonyl (C=O) groups is 1. The third-order valence-electron chi connectivity index (χ3n) is 5.85. The van der Waals surface area contributed by atoms with Crippen molar-refractivity contribution in [2.24, 2.45) is 11.8 Å². The van der Waals surface area contributed by atoms with Gasteiger partial charge in [-0.2, -0.15) is 0 Å². The molecule has 4 rings (SSSR count). The summed E-state index contributed by atoms with van der Waals surface area (Å²) < 4.78 is 10.7. The molecule has 4 nitrogen and oxygen atoms in total. The third-order valence-corrected chi connectivity index (χ3v) is 5.85. The Kier molecular flexibility index (Phi) is 4.75. The number of rotatable bonds is 4. The molecule has 1 aromatic rings. The minimum Gasteiger partial charge on any atom is -0.454 e. The minimum atomic E-state index is 0.0232. The maximum atomic E-state index is 12.4. The molecule has 4 heteroatoms. The van der Waals surface area contributed by atoms with Crippen LogP contribution < -0.4 is 14.8 Å². The van der Waals surface area contributed by atoms with Crippen LogP contribution in [0.2, 0.25) is 0 Å². The van der Waals surface area contributed by atoms with Gasteiger partial charge in [0.15, 0.2) is 11.5 Å². The molecule has 1 aromatic carbocycles. The van der Waals surface area contributed by atoms with E-state index in [0.29, 0.717) is 5.92 Å². The lowest BCUT2D eigenvalue weighted by atomic mass is 9.64. The molecule has 2 saturated carbocycles. The van der Waals surface area contributed by atoms with Gasteiger partial charge in [0, 0.05) is 11.6 Å². The SMILES string of the molecule is CC1C[C@H]2CCC[C@@](NC(=O)/C=C/C=C/c3ccc4c(c3)OCO4)(C1)C2. The van der Waals surface area contributed by atoms with Gasteiger partial charge in [0.1, 0.15) is 0 Å². The van der Waals surface area contributed by atoms with Crippen LogP contribution in [-0.2, 0) is 4.79 Å². The lowest BCUT2D eigenvalue weighted by Crippen LogP contribution is -2.54. The molecular weight excluding hydrogens is 326 g/mol. The molecule has 0 aromatic heterocycles. The monoisotopic (exact) mass is 353 g/mol. The summed E-state index contributed by atoms with van der Waals surface area (Å²) in [6.07, 6.45) is 14.6. The van der Waals surface area contributed by atoms with Crippen LogP contribution in [0.5, 0.6) is 11.5 Å². The molecule has 1 heterocycles. The van der Waals surface area contributed by atoms with Crippen LogP contribution in [0.3, 0.4) is 0 Å². The number of carbonyl (C=O) groups excluding carboxylic acids is 1. The molecule has 26 heavy (non-hydrogen) atoms. The zero-order chi connectivity index (χ0) is 18.0. The molecular formula is C22H27NO3. The second-order valence-electron chi connectivity index (χ2n) is 8.11. The first-order valence-electron chi connectivity index (χ1n) is 9.68. The van der Waals surface area contributed by atoms with Crippen molar-refractivity contribution in [1.82, 2.24) is 5.32 Å². The molecule has 3 atom stereocenters. The van der Waals surface area contributed by atoms with E-state index in [-0.39, 0.29) is 18.2 Å². The highest BCUT2D eigenvalue weighted by molar-refractivity contribution is 5.88. The van der Waals surface area contributed by atoms with Crippen molar-refractivity contribution in [3.05, 3.63) is 42.0 Å². The lowest BCUT2D eigenvalue weighted by Gasteiger charge is -2.48. The number of allylic oxidation sites excluding steroid dienone is 2. The highest BCUT2D eigenvalue weighted by Crippen LogP contribution is 2.45. The first-order chi connectivity index (χ1) is 12.6. The molecule has 0 saturated heterocycles. The van der Waals surface area contributed by atoms with E-state index >= 15 is 0 Å². The topological polar surface area (TPSA) is 47.6 Å². The number of nitrogens with one attached hydrogen (secondary N) is 1. The van der Waals surface area contributed by atoms with Gasteiger partial charge in [-0.25, -0.2) is 0 Å². The summed E-state index contributed by atoms with van der Waals surface area (Å²) in [7, 11) is 0. The Balaban J connectivity index is 1.34. The molecule has 2 fully saturated rings. The van der Waals surface area contributed by atoms with E-state index in [1.807, 2.05) is 36.4 Å². The number of benzene rings is 1. The van der Waals surface area contributed by atoms with Crippen LogP contribution in [0.1, 0.15) is 51.0 Å². The van der Waals surface area contributed by atoms with Crippen LogP contribution in [-0.4, -0.2) is 18.2 Å². The Labute approximate surface area is 155 Å². The van der Waals surface area contributed by atoms with Gasteiger partial charge in [-0.1, -0.05) is 44.1 Å². The summed E-state index contributed by atoms with van der Waals surface area (Å²) in [4.78, 5) is 12.4. The summed E-state index contributed by atoms with van der Waals surface area (Å²) in [5, 5.41) is 3.33. The van der Waals surface area contributed by atoms with Gasteiger partial charge in [-0.05, 0) is 55.2 Å². The number of hydrogen-bond donors (Lipinski definition) is 1. The van der Waals surface area contributed by atoms with Gasteiger partial charge in [0.2, 0.25) is 12.7 Å². The first kappa shape index (κ1) is 17.2. The highest BCUT2D eigenvalue weighted by atomic mass is 16.7. The fourth-order valence-electron chi connectivity index (χ4n) is 4.99. The van der Waals surface area contributed by atoms with E-state index in [9.17, 15) is 4.79 Å². The van der Waals surface area contributed by atoms with E-state index in [1.54, 1.807) is 6.08 Å². The van der Waals surface area contributed by atoms with E-state index in [2.05, 4.69) is 12.2 Å². The summed E-state index contributed by atoms with van der Waals surface area (Å²) in [6, 6.07) is 5.82. The van der Waals surface area contributed by atoms with Crippen molar-refractivity contribution in [3.8, 4) is 11.5 Å². The Morgan fingerprint density at radius 3 is 3.04 bits per heavy atom. The summed E-state index contributed by atoms with van der Waals surface area (Å²) in [5.74, 6) is 3.08. The molecule has 1 unspecified atom stereocenters. The van der Waals surface area contributed by atoms with E-state index in [4.69, 9.17) is 9.47 Å². The normalized spacial score (nSPS) is 30.0. The number of fused-ring (bicyclic) bond motifs is 3. The summed E-state index contributed by atoms with van der Waals surface area (Å²) >= 11 is 0. The Morgan fingerprint density at radius 2 is 2.12 bits per heavy atom. The average molecular weight is 353 g/mol. The molecule has 1 N–H and O–H groups in total. The van der Waals surface area contributed by atoms with Gasteiger partial charge in [-0.15, -0.1) is 0 Å². The van der Waals surface area contributed by atoms with Crippen molar-refractivity contribution in [3.63, 3.8) is 0 Å². The van der Waals surface area contributed by atoms with E-state index in [1.165, 1.54) is 19.3 Å². The smallest absolute Gasteiger partial charge is 0.244 e. The molecule has 1 aliphatic heterocycles. The van der Waals surface area contributed by atoms with Gasteiger partial charge < -0.3 is 14.8 Å². The van der Waals surface area contributed by atoms with Crippen LogP contribution in [0, 0.1) is 11.8 Å². The van der Waals surface area contributed by atoms with Gasteiger partial charge in [-0.3, -0.25) is 4.79 Å². The lowest BCUT2D eigenvalue weighted by molar-refractivity contribution is -0.119. The van der Waals surface area contributed by atoms with Gasteiger partial charge in [0.05, 0.1) is 0 Å². The number of hydrogen-bond acceptors (Lipinski definition) is 3. The first-order valence-corrected chi connectivity index (χ1v) is 9.68. The maximum absolute atomic E-state index is 12.4. The molecule has 3 aliphatic rings. The van der Waals surface area contributed by atoms with Crippen LogP contribution in [0.25, 0.3) is 6.08 Å². The highest BCUT2D eigenvalue weighted by Gasteiger charge is 2.42. The number of ether oxygens (including phenoxy) is 2. The van der Waals surface area contributed by atoms with Crippen LogP contribution >= 0.6 is 0 Å².